The summed E-state index contributed by atoms with van der Waals surface area (Å²) in [6.45, 7) is 2.30. The maximum absolute atomic E-state index is 6.15. The first-order valence-corrected chi connectivity index (χ1v) is 7.79. The Hall–Kier alpha value is -1.03. The lowest BCUT2D eigenvalue weighted by Crippen LogP contribution is -2.13. The van der Waals surface area contributed by atoms with Crippen LogP contribution in [0.2, 0.25) is 5.02 Å². The number of hydrogen-bond donors (Lipinski definition) is 1. The lowest BCUT2D eigenvalue weighted by molar-refractivity contribution is 0.352. The summed E-state index contributed by atoms with van der Waals surface area (Å²) >= 11 is 9.71. The molecule has 4 heteroatoms. The van der Waals surface area contributed by atoms with E-state index in [1.54, 1.807) is 0 Å². The Morgan fingerprint density at radius 1 is 1.15 bits per heavy atom. The summed E-state index contributed by atoms with van der Waals surface area (Å²) in [5, 5.41) is 4.23. The zero-order valence-corrected chi connectivity index (χ0v) is 13.3. The van der Waals surface area contributed by atoms with E-state index >= 15 is 0 Å². The van der Waals surface area contributed by atoms with Crippen molar-refractivity contribution in [2.45, 2.75) is 19.5 Å². The summed E-state index contributed by atoms with van der Waals surface area (Å²) in [7, 11) is 0. The number of hydrogen-bond acceptors (Lipinski definition) is 2. The largest absolute Gasteiger partial charge is 0.493 e. The Labute approximate surface area is 132 Å². The van der Waals surface area contributed by atoms with Gasteiger partial charge in [0, 0.05) is 34.6 Å². The van der Waals surface area contributed by atoms with Gasteiger partial charge in [-0.1, -0.05) is 45.7 Å². The first-order chi connectivity index (χ1) is 9.74. The molecule has 2 nitrogen and oxygen atoms in total. The number of rotatable bonds is 4. The summed E-state index contributed by atoms with van der Waals surface area (Å²) in [6, 6.07) is 12.2. The van der Waals surface area contributed by atoms with E-state index in [0.29, 0.717) is 0 Å². The van der Waals surface area contributed by atoms with Crippen molar-refractivity contribution in [2.75, 3.05) is 6.61 Å². The first kappa shape index (κ1) is 13.9. The SMILES string of the molecule is Clc1ccccc1CNCc1cc(Br)cc2c1OCC2. The van der Waals surface area contributed by atoms with Crippen LogP contribution in [0.25, 0.3) is 0 Å². The van der Waals surface area contributed by atoms with Crippen LogP contribution in [0.5, 0.6) is 5.75 Å². The first-order valence-electron chi connectivity index (χ1n) is 6.62. The van der Waals surface area contributed by atoms with Gasteiger partial charge in [-0.05, 0) is 29.3 Å². The molecule has 0 atom stereocenters. The summed E-state index contributed by atoms with van der Waals surface area (Å²) in [5.74, 6) is 1.04. The molecule has 0 fully saturated rings. The number of ether oxygens (including phenoxy) is 1. The van der Waals surface area contributed by atoms with Gasteiger partial charge in [-0.15, -0.1) is 0 Å². The molecule has 0 amide bonds. The fourth-order valence-electron chi connectivity index (χ4n) is 2.45. The average molecular weight is 353 g/mol. The highest BCUT2D eigenvalue weighted by atomic mass is 79.9. The Bertz CT molecular complexity index is 630. The summed E-state index contributed by atoms with van der Waals surface area (Å²) < 4.78 is 6.83. The van der Waals surface area contributed by atoms with E-state index in [4.69, 9.17) is 16.3 Å². The molecule has 0 aromatic heterocycles. The minimum absolute atomic E-state index is 0.751. The zero-order valence-electron chi connectivity index (χ0n) is 11.0. The molecule has 2 aromatic carbocycles. The molecule has 0 radical (unpaired) electrons. The van der Waals surface area contributed by atoms with Crippen LogP contribution in [0.4, 0.5) is 0 Å². The molecule has 104 valence electrons. The van der Waals surface area contributed by atoms with Gasteiger partial charge in [0.05, 0.1) is 6.61 Å². The molecule has 1 N–H and O–H groups in total. The molecule has 1 aliphatic heterocycles. The van der Waals surface area contributed by atoms with E-state index < -0.39 is 0 Å². The smallest absolute Gasteiger partial charge is 0.127 e. The van der Waals surface area contributed by atoms with E-state index in [0.717, 1.165) is 46.9 Å². The predicted octanol–water partition coefficient (Wildman–Crippen LogP) is 4.33. The van der Waals surface area contributed by atoms with Gasteiger partial charge >= 0.3 is 0 Å². The normalized spacial score (nSPS) is 13.1. The van der Waals surface area contributed by atoms with Gasteiger partial charge < -0.3 is 10.1 Å². The molecule has 0 aliphatic carbocycles. The third-order valence-corrected chi connectivity index (χ3v) is 4.24. The van der Waals surface area contributed by atoms with Crippen LogP contribution in [0.3, 0.4) is 0 Å². The van der Waals surface area contributed by atoms with Crippen molar-refractivity contribution < 1.29 is 4.74 Å². The Morgan fingerprint density at radius 2 is 1.95 bits per heavy atom. The highest BCUT2D eigenvalue weighted by molar-refractivity contribution is 9.10. The molecule has 0 unspecified atom stereocenters. The van der Waals surface area contributed by atoms with Gasteiger partial charge in [-0.25, -0.2) is 0 Å². The van der Waals surface area contributed by atoms with Crippen LogP contribution in [0, 0.1) is 0 Å². The standard InChI is InChI=1S/C16H15BrClNO/c17-14-7-11-5-6-20-16(11)13(8-14)10-19-9-12-3-1-2-4-15(12)18/h1-4,7-8,19H,5-6,9-10H2. The molecule has 1 aliphatic rings. The van der Waals surface area contributed by atoms with Crippen molar-refractivity contribution in [1.82, 2.24) is 5.32 Å². The molecule has 0 bridgehead atoms. The van der Waals surface area contributed by atoms with Crippen molar-refractivity contribution in [3.05, 3.63) is 62.6 Å². The molecular weight excluding hydrogens is 338 g/mol. The van der Waals surface area contributed by atoms with Gasteiger partial charge in [-0.2, -0.15) is 0 Å². The van der Waals surface area contributed by atoms with Crippen LogP contribution in [-0.2, 0) is 19.5 Å². The topological polar surface area (TPSA) is 21.3 Å². The highest BCUT2D eigenvalue weighted by Crippen LogP contribution is 2.32. The number of benzene rings is 2. The quantitative estimate of drug-likeness (QED) is 0.884. The second-order valence-electron chi connectivity index (χ2n) is 4.85. The third kappa shape index (κ3) is 3.00. The molecule has 0 saturated carbocycles. The van der Waals surface area contributed by atoms with Crippen LogP contribution in [0.1, 0.15) is 16.7 Å². The van der Waals surface area contributed by atoms with Crippen molar-refractivity contribution in [3.63, 3.8) is 0 Å². The minimum atomic E-state index is 0.751. The second-order valence-corrected chi connectivity index (χ2v) is 6.17. The van der Waals surface area contributed by atoms with E-state index in [9.17, 15) is 0 Å². The molecule has 0 saturated heterocycles. The van der Waals surface area contributed by atoms with Gasteiger partial charge in [0.1, 0.15) is 5.75 Å². The predicted molar refractivity (Wildman–Crippen MR) is 85.3 cm³/mol. The monoisotopic (exact) mass is 351 g/mol. The molecule has 3 rings (SSSR count). The summed E-state index contributed by atoms with van der Waals surface area (Å²) in [5.41, 5.74) is 3.59. The zero-order chi connectivity index (χ0) is 13.9. The molecule has 1 heterocycles. The van der Waals surface area contributed by atoms with Crippen molar-refractivity contribution in [3.8, 4) is 5.75 Å². The fraction of sp³-hybridized carbons (Fsp3) is 0.250. The van der Waals surface area contributed by atoms with Crippen molar-refractivity contribution in [1.29, 1.82) is 0 Å². The van der Waals surface area contributed by atoms with Gasteiger partial charge in [0.25, 0.3) is 0 Å². The lowest BCUT2D eigenvalue weighted by Gasteiger charge is -2.11. The summed E-state index contributed by atoms with van der Waals surface area (Å²) in [6.07, 6.45) is 0.992. The second kappa shape index (κ2) is 6.17. The van der Waals surface area contributed by atoms with Crippen LogP contribution in [0.15, 0.2) is 40.9 Å². The molecule has 2 aromatic rings. The van der Waals surface area contributed by atoms with Gasteiger partial charge in [0.2, 0.25) is 0 Å². The summed E-state index contributed by atoms with van der Waals surface area (Å²) in [4.78, 5) is 0. The van der Waals surface area contributed by atoms with Gasteiger partial charge in [0.15, 0.2) is 0 Å². The van der Waals surface area contributed by atoms with E-state index in [1.165, 1.54) is 11.1 Å². The molecule has 20 heavy (non-hydrogen) atoms. The molecule has 0 spiro atoms. The van der Waals surface area contributed by atoms with Crippen LogP contribution in [-0.4, -0.2) is 6.61 Å². The number of fused-ring (bicyclic) bond motifs is 1. The van der Waals surface area contributed by atoms with E-state index in [1.807, 2.05) is 24.3 Å². The Morgan fingerprint density at radius 3 is 2.80 bits per heavy atom. The van der Waals surface area contributed by atoms with Gasteiger partial charge in [-0.3, -0.25) is 0 Å². The van der Waals surface area contributed by atoms with E-state index in [-0.39, 0.29) is 0 Å². The maximum atomic E-state index is 6.15. The average Bonchev–Trinajstić information content (AvgIpc) is 2.89. The maximum Gasteiger partial charge on any atom is 0.127 e. The Balaban J connectivity index is 1.69. The number of halogens is 2. The van der Waals surface area contributed by atoms with Crippen molar-refractivity contribution >= 4 is 27.5 Å². The van der Waals surface area contributed by atoms with Crippen LogP contribution < -0.4 is 10.1 Å². The number of nitrogens with one attached hydrogen (secondary N) is 1. The fourth-order valence-corrected chi connectivity index (χ4v) is 3.21. The minimum Gasteiger partial charge on any atom is -0.493 e. The Kier molecular flexibility index (Phi) is 4.29. The van der Waals surface area contributed by atoms with Crippen LogP contribution >= 0.6 is 27.5 Å². The lowest BCUT2D eigenvalue weighted by atomic mass is 10.1. The van der Waals surface area contributed by atoms with E-state index in [2.05, 4.69) is 33.4 Å². The molecular formula is C16H15BrClNO. The third-order valence-electron chi connectivity index (χ3n) is 3.41. The highest BCUT2D eigenvalue weighted by Gasteiger charge is 2.17. The van der Waals surface area contributed by atoms with Crippen molar-refractivity contribution in [2.24, 2.45) is 0 Å².